The number of hydrogen-bond acceptors (Lipinski definition) is 3. The highest BCUT2D eigenvalue weighted by atomic mass is 32.2. The highest BCUT2D eigenvalue weighted by Gasteiger charge is 2.03. The van der Waals surface area contributed by atoms with Gasteiger partial charge in [0.1, 0.15) is 6.61 Å². The van der Waals surface area contributed by atoms with E-state index < -0.39 is 8.03 Å². The van der Waals surface area contributed by atoms with E-state index in [9.17, 15) is 4.57 Å². The Labute approximate surface area is 54.9 Å². The van der Waals surface area contributed by atoms with Gasteiger partial charge in [-0.15, -0.1) is 4.52 Å². The second-order valence-electron chi connectivity index (χ2n) is 1.27. The van der Waals surface area contributed by atoms with Gasteiger partial charge in [-0.2, -0.15) is 11.8 Å². The predicted octanol–water partition coefficient (Wildman–Crippen LogP) is 1.74. The maximum absolute atomic E-state index is 10.2. The van der Waals surface area contributed by atoms with E-state index in [2.05, 4.69) is 0 Å². The molecule has 4 heteroatoms. The van der Waals surface area contributed by atoms with Crippen LogP contribution in [0.5, 0.6) is 0 Å². The Morgan fingerprint density at radius 1 is 1.75 bits per heavy atom. The maximum atomic E-state index is 10.2. The predicted molar refractivity (Wildman–Crippen MR) is 37.9 cm³/mol. The highest BCUT2D eigenvalue weighted by molar-refractivity contribution is 7.98. The molecule has 0 saturated heterocycles. The maximum Gasteiger partial charge on any atom is 0.504 e. The van der Waals surface area contributed by atoms with Crippen LogP contribution >= 0.6 is 19.8 Å². The van der Waals surface area contributed by atoms with Gasteiger partial charge in [-0.05, 0) is 10.8 Å². The third-order valence-corrected chi connectivity index (χ3v) is 1.68. The van der Waals surface area contributed by atoms with Crippen molar-refractivity contribution in [3.8, 4) is 0 Å². The first-order valence-corrected chi connectivity index (χ1v) is 5.32. The molecule has 0 aromatic carbocycles. The van der Waals surface area contributed by atoms with Crippen molar-refractivity contribution in [2.24, 2.45) is 0 Å². The summed E-state index contributed by atoms with van der Waals surface area (Å²) in [5, 5.41) is 0. The van der Waals surface area contributed by atoms with E-state index in [1.165, 1.54) is 0 Å². The number of rotatable bonds is 4. The van der Waals surface area contributed by atoms with Gasteiger partial charge in [0.2, 0.25) is 0 Å². The van der Waals surface area contributed by atoms with Gasteiger partial charge >= 0.3 is 8.03 Å². The van der Waals surface area contributed by atoms with Crippen LogP contribution in [-0.2, 0) is 9.09 Å². The zero-order valence-corrected chi connectivity index (χ0v) is 6.80. The van der Waals surface area contributed by atoms with Crippen LogP contribution in [0.3, 0.4) is 0 Å². The topological polar surface area (TPSA) is 26.3 Å². The smallest absolute Gasteiger partial charge is 0.163 e. The molecule has 1 unspecified atom stereocenters. The molecule has 0 aromatic rings. The lowest BCUT2D eigenvalue weighted by molar-refractivity contribution is 0.358. The molecule has 0 N–H and O–H groups in total. The Hall–Kier alpha value is 0.410. The molecule has 2 nitrogen and oxygen atoms in total. The van der Waals surface area contributed by atoms with E-state index in [0.29, 0.717) is 6.61 Å². The fourth-order valence-electron chi connectivity index (χ4n) is 0.249. The first-order chi connectivity index (χ1) is 3.77. The molecule has 0 heterocycles. The van der Waals surface area contributed by atoms with Crippen LogP contribution in [0.15, 0.2) is 0 Å². The summed E-state index contributed by atoms with van der Waals surface area (Å²) in [4.78, 5) is 0. The molecule has 0 saturated carbocycles. The molecule has 1 atom stereocenters. The zero-order valence-electron chi connectivity index (χ0n) is 5.09. The highest BCUT2D eigenvalue weighted by Crippen LogP contribution is 2.14. The summed E-state index contributed by atoms with van der Waals surface area (Å²) in [6.07, 6.45) is 1.99. The Balaban J connectivity index is 2.82. The average molecular weight is 153 g/mol. The Bertz CT molecular complexity index is 76.4. The van der Waals surface area contributed by atoms with E-state index in [1.807, 2.05) is 6.26 Å². The number of thioether (sulfide) groups is 1. The summed E-state index contributed by atoms with van der Waals surface area (Å²) >= 11 is 1.69. The second-order valence-corrected chi connectivity index (χ2v) is 3.39. The molecule has 0 aliphatic rings. The van der Waals surface area contributed by atoms with Gasteiger partial charge in [-0.3, -0.25) is 0 Å². The van der Waals surface area contributed by atoms with Gasteiger partial charge in [-0.1, -0.05) is 0 Å². The van der Waals surface area contributed by atoms with Crippen molar-refractivity contribution in [3.63, 3.8) is 0 Å². The minimum Gasteiger partial charge on any atom is -0.163 e. The van der Waals surface area contributed by atoms with Gasteiger partial charge in [-0.25, -0.2) is 0 Å². The largest absolute Gasteiger partial charge is 0.504 e. The van der Waals surface area contributed by atoms with Crippen LogP contribution in [0.25, 0.3) is 0 Å². The summed E-state index contributed by atoms with van der Waals surface area (Å²) < 4.78 is 15.0. The quantitative estimate of drug-likeness (QED) is 0.454. The molecule has 0 rings (SSSR count). The molecule has 0 aliphatic heterocycles. The molecule has 0 radical (unpaired) electrons. The van der Waals surface area contributed by atoms with Crippen LogP contribution < -0.4 is 0 Å². The molecule has 0 aliphatic carbocycles. The van der Waals surface area contributed by atoms with Gasteiger partial charge < -0.3 is 0 Å². The standard InChI is InChI=1S/C4H10O2PS/c1-7(5)6-3-4-8-2/h3-4H2,1-2H3/q+1. The minimum atomic E-state index is -1.38. The summed E-state index contributed by atoms with van der Waals surface area (Å²) in [5.74, 6) is 0.926. The first kappa shape index (κ1) is 8.41. The van der Waals surface area contributed by atoms with Crippen molar-refractivity contribution in [1.82, 2.24) is 0 Å². The average Bonchev–Trinajstić information content (AvgIpc) is 1.66. The Kier molecular flexibility index (Phi) is 5.83. The Morgan fingerprint density at radius 3 is 2.75 bits per heavy atom. The van der Waals surface area contributed by atoms with Crippen molar-refractivity contribution in [1.29, 1.82) is 0 Å². The Morgan fingerprint density at radius 2 is 2.38 bits per heavy atom. The van der Waals surface area contributed by atoms with Crippen molar-refractivity contribution in [2.75, 3.05) is 25.3 Å². The molecular formula is C4H10O2PS+. The molecule has 0 fully saturated rings. The lowest BCUT2D eigenvalue weighted by Crippen LogP contribution is -1.87. The van der Waals surface area contributed by atoms with Gasteiger partial charge in [0.15, 0.2) is 6.66 Å². The van der Waals surface area contributed by atoms with Crippen LogP contribution in [0.4, 0.5) is 0 Å². The molecule has 0 spiro atoms. The normalized spacial score (nSPS) is 11.5. The van der Waals surface area contributed by atoms with Crippen molar-refractivity contribution in [3.05, 3.63) is 0 Å². The fourth-order valence-corrected chi connectivity index (χ4v) is 0.971. The number of hydrogen-bond donors (Lipinski definition) is 0. The van der Waals surface area contributed by atoms with E-state index in [1.54, 1.807) is 18.4 Å². The monoisotopic (exact) mass is 153 g/mol. The van der Waals surface area contributed by atoms with Crippen LogP contribution in [-0.4, -0.2) is 25.3 Å². The van der Waals surface area contributed by atoms with E-state index in [-0.39, 0.29) is 0 Å². The van der Waals surface area contributed by atoms with Crippen LogP contribution in [0.1, 0.15) is 0 Å². The molecular weight excluding hydrogens is 143 g/mol. The molecule has 0 amide bonds. The van der Waals surface area contributed by atoms with Crippen molar-refractivity contribution >= 4 is 19.8 Å². The molecule has 48 valence electrons. The van der Waals surface area contributed by atoms with Crippen LogP contribution in [0.2, 0.25) is 0 Å². The van der Waals surface area contributed by atoms with E-state index >= 15 is 0 Å². The van der Waals surface area contributed by atoms with Gasteiger partial charge in [0, 0.05) is 5.75 Å². The minimum absolute atomic E-state index is 0.604. The van der Waals surface area contributed by atoms with Crippen molar-refractivity contribution in [2.45, 2.75) is 0 Å². The SMILES string of the molecule is CSCCO[P+](C)=O. The van der Waals surface area contributed by atoms with Gasteiger partial charge in [0.05, 0.1) is 0 Å². The van der Waals surface area contributed by atoms with Crippen molar-refractivity contribution < 1.29 is 9.09 Å². The first-order valence-electron chi connectivity index (χ1n) is 2.30. The van der Waals surface area contributed by atoms with Gasteiger partial charge in [0.25, 0.3) is 0 Å². The summed E-state index contributed by atoms with van der Waals surface area (Å²) in [6, 6.07) is 0. The fraction of sp³-hybridized carbons (Fsp3) is 1.00. The third-order valence-electron chi connectivity index (χ3n) is 0.561. The summed E-state index contributed by atoms with van der Waals surface area (Å²) in [7, 11) is -1.38. The molecule has 0 aromatic heterocycles. The summed E-state index contributed by atoms with van der Waals surface area (Å²) in [5.41, 5.74) is 0. The molecule has 0 bridgehead atoms. The van der Waals surface area contributed by atoms with Crippen LogP contribution in [0, 0.1) is 0 Å². The lowest BCUT2D eigenvalue weighted by atomic mass is 10.9. The molecule has 8 heavy (non-hydrogen) atoms. The lowest BCUT2D eigenvalue weighted by Gasteiger charge is -1.84. The van der Waals surface area contributed by atoms with E-state index in [0.717, 1.165) is 5.75 Å². The van der Waals surface area contributed by atoms with E-state index in [4.69, 9.17) is 4.52 Å². The second kappa shape index (κ2) is 5.54. The summed E-state index contributed by atoms with van der Waals surface area (Å²) in [6.45, 7) is 2.17. The zero-order chi connectivity index (χ0) is 6.41. The third kappa shape index (κ3) is 6.41.